The van der Waals surface area contributed by atoms with Gasteiger partial charge in [0.1, 0.15) is 12.6 Å². The molecule has 5 rings (SSSR count). The molecular weight excluding hydrogens is 518 g/mol. The number of carboxylic acids is 1. The molecule has 1 fully saturated rings. The third-order valence-corrected chi connectivity index (χ3v) is 8.48. The Bertz CT molecular complexity index is 1370. The first-order chi connectivity index (χ1) is 19.8. The fourth-order valence-corrected chi connectivity index (χ4v) is 5.98. The molecule has 214 valence electrons. The molecule has 41 heavy (non-hydrogen) atoms. The number of nitrogens with one attached hydrogen (secondary N) is 2. The predicted octanol–water partition coefficient (Wildman–Crippen LogP) is 4.79. The van der Waals surface area contributed by atoms with Crippen LogP contribution in [0.25, 0.3) is 11.1 Å². The van der Waals surface area contributed by atoms with Crippen molar-refractivity contribution >= 4 is 18.0 Å². The maximum atomic E-state index is 13.5. The van der Waals surface area contributed by atoms with Crippen molar-refractivity contribution in [2.75, 3.05) is 19.7 Å². The highest BCUT2D eigenvalue weighted by Crippen LogP contribution is 2.44. The lowest BCUT2D eigenvalue weighted by Gasteiger charge is -2.30. The number of nitrogens with zero attached hydrogens (tertiary/aromatic N) is 1. The van der Waals surface area contributed by atoms with Crippen LogP contribution >= 0.6 is 0 Å². The molecule has 0 radical (unpaired) electrons. The first-order valence-corrected chi connectivity index (χ1v) is 14.2. The van der Waals surface area contributed by atoms with Crippen LogP contribution in [0.15, 0.2) is 78.9 Å². The molecular formula is C33H37N3O5. The molecule has 0 aromatic heterocycles. The summed E-state index contributed by atoms with van der Waals surface area (Å²) in [6.45, 7) is 5.23. The Kier molecular flexibility index (Phi) is 8.40. The second-order valence-corrected chi connectivity index (χ2v) is 11.2. The molecule has 3 aromatic carbocycles. The van der Waals surface area contributed by atoms with Gasteiger partial charge in [-0.15, -0.1) is 0 Å². The lowest BCUT2D eigenvalue weighted by Crippen LogP contribution is -2.61. The standard InChI is InChI=1S/C33H37N3O5/c1-3-22(2)29(30(37)35-33(31(38)39)17-18-36(21-33)19-23-11-5-4-6-12-23)34-32(40)41-20-28-26-15-9-7-13-24(26)25-14-8-10-16-27(25)28/h4-16,22,28-29H,3,17-21H2,1-2H3,(H,34,40)(H,35,37)(H,38,39)/t22-,29-,33?/m0/s1. The number of aliphatic carboxylic acids is 1. The van der Waals surface area contributed by atoms with E-state index in [1.54, 1.807) is 0 Å². The summed E-state index contributed by atoms with van der Waals surface area (Å²) in [6, 6.07) is 25.1. The van der Waals surface area contributed by atoms with Crippen molar-refractivity contribution < 1.29 is 24.2 Å². The smallest absolute Gasteiger partial charge is 0.407 e. The van der Waals surface area contributed by atoms with E-state index in [0.717, 1.165) is 27.8 Å². The average molecular weight is 556 g/mol. The summed E-state index contributed by atoms with van der Waals surface area (Å²) in [4.78, 5) is 41.0. The topological polar surface area (TPSA) is 108 Å². The molecule has 1 saturated heterocycles. The van der Waals surface area contributed by atoms with E-state index in [4.69, 9.17) is 4.74 Å². The van der Waals surface area contributed by atoms with Gasteiger partial charge in [-0.3, -0.25) is 9.69 Å². The number of amides is 2. The third kappa shape index (κ3) is 5.98. The van der Waals surface area contributed by atoms with Crippen LogP contribution in [0.3, 0.4) is 0 Å². The van der Waals surface area contributed by atoms with Gasteiger partial charge in [-0.25, -0.2) is 9.59 Å². The molecule has 8 nitrogen and oxygen atoms in total. The number of hydrogen-bond donors (Lipinski definition) is 3. The molecule has 3 aromatic rings. The number of ether oxygens (including phenoxy) is 1. The van der Waals surface area contributed by atoms with Crippen LogP contribution in [0.2, 0.25) is 0 Å². The molecule has 1 heterocycles. The number of carbonyl (C=O) groups excluding carboxylic acids is 2. The number of rotatable bonds is 10. The van der Waals surface area contributed by atoms with Gasteiger partial charge in [0, 0.05) is 25.6 Å². The van der Waals surface area contributed by atoms with Crippen LogP contribution in [0.4, 0.5) is 4.79 Å². The Balaban J connectivity index is 1.24. The first kappa shape index (κ1) is 28.4. The number of carbonyl (C=O) groups is 3. The number of likely N-dealkylation sites (tertiary alicyclic amines) is 1. The number of alkyl carbamates (subject to hydrolysis) is 1. The third-order valence-electron chi connectivity index (χ3n) is 8.48. The van der Waals surface area contributed by atoms with E-state index >= 15 is 0 Å². The minimum absolute atomic E-state index is 0.103. The summed E-state index contributed by atoms with van der Waals surface area (Å²) >= 11 is 0. The molecule has 0 bridgehead atoms. The Morgan fingerprint density at radius 2 is 1.59 bits per heavy atom. The minimum Gasteiger partial charge on any atom is -0.479 e. The van der Waals surface area contributed by atoms with Crippen LogP contribution in [0.1, 0.15) is 49.3 Å². The molecule has 3 N–H and O–H groups in total. The molecule has 1 aliphatic heterocycles. The highest BCUT2D eigenvalue weighted by atomic mass is 16.5. The largest absolute Gasteiger partial charge is 0.479 e. The normalized spacial score (nSPS) is 19.6. The monoisotopic (exact) mass is 555 g/mol. The summed E-state index contributed by atoms with van der Waals surface area (Å²) in [5, 5.41) is 15.7. The van der Waals surface area contributed by atoms with E-state index in [9.17, 15) is 19.5 Å². The highest BCUT2D eigenvalue weighted by Gasteiger charge is 2.47. The van der Waals surface area contributed by atoms with Crippen LogP contribution in [-0.2, 0) is 20.9 Å². The summed E-state index contributed by atoms with van der Waals surface area (Å²) in [6.07, 6.45) is 0.190. The maximum absolute atomic E-state index is 13.5. The van der Waals surface area contributed by atoms with Crippen molar-refractivity contribution in [1.29, 1.82) is 0 Å². The van der Waals surface area contributed by atoms with Gasteiger partial charge in [-0.05, 0) is 40.2 Å². The molecule has 2 amide bonds. The van der Waals surface area contributed by atoms with Gasteiger partial charge >= 0.3 is 12.1 Å². The molecule has 1 unspecified atom stereocenters. The Morgan fingerprint density at radius 3 is 2.20 bits per heavy atom. The second kappa shape index (κ2) is 12.1. The lowest BCUT2D eigenvalue weighted by molar-refractivity contribution is -0.147. The van der Waals surface area contributed by atoms with E-state index in [0.29, 0.717) is 19.5 Å². The number of hydrogen-bond acceptors (Lipinski definition) is 5. The Morgan fingerprint density at radius 1 is 0.976 bits per heavy atom. The predicted molar refractivity (Wildman–Crippen MR) is 156 cm³/mol. The van der Waals surface area contributed by atoms with Crippen LogP contribution in [0, 0.1) is 5.92 Å². The zero-order chi connectivity index (χ0) is 29.0. The zero-order valence-electron chi connectivity index (χ0n) is 23.5. The summed E-state index contributed by atoms with van der Waals surface area (Å²) in [7, 11) is 0. The molecule has 0 saturated carbocycles. The minimum atomic E-state index is -1.43. The number of benzene rings is 3. The zero-order valence-corrected chi connectivity index (χ0v) is 23.5. The van der Waals surface area contributed by atoms with Gasteiger partial charge < -0.3 is 20.5 Å². The van der Waals surface area contributed by atoms with Gasteiger partial charge in [0.2, 0.25) is 5.91 Å². The molecule has 8 heteroatoms. The van der Waals surface area contributed by atoms with E-state index in [1.165, 1.54) is 0 Å². The fourth-order valence-electron chi connectivity index (χ4n) is 5.98. The second-order valence-electron chi connectivity index (χ2n) is 11.2. The van der Waals surface area contributed by atoms with Gasteiger partial charge in [-0.2, -0.15) is 0 Å². The van der Waals surface area contributed by atoms with E-state index < -0.39 is 29.6 Å². The van der Waals surface area contributed by atoms with Crippen LogP contribution < -0.4 is 10.6 Å². The van der Waals surface area contributed by atoms with Crippen LogP contribution in [-0.4, -0.2) is 59.3 Å². The van der Waals surface area contributed by atoms with Gasteiger partial charge in [0.25, 0.3) is 0 Å². The van der Waals surface area contributed by atoms with E-state index in [2.05, 4.69) is 22.8 Å². The van der Waals surface area contributed by atoms with Crippen molar-refractivity contribution in [2.24, 2.45) is 5.92 Å². The van der Waals surface area contributed by atoms with E-state index in [-0.39, 0.29) is 31.4 Å². The molecule has 3 atom stereocenters. The Labute approximate surface area is 240 Å². The molecule has 0 spiro atoms. The van der Waals surface area contributed by atoms with Crippen molar-refractivity contribution in [3.05, 3.63) is 95.6 Å². The SMILES string of the molecule is CC[C@H](C)[C@H](NC(=O)OCC1c2ccccc2-c2ccccc21)C(=O)NC1(C(=O)O)CCN(Cc2ccccc2)C1. The van der Waals surface area contributed by atoms with Crippen molar-refractivity contribution in [3.8, 4) is 11.1 Å². The van der Waals surface area contributed by atoms with Gasteiger partial charge in [0.15, 0.2) is 5.54 Å². The van der Waals surface area contributed by atoms with Crippen molar-refractivity contribution in [2.45, 2.75) is 50.7 Å². The Hall–Kier alpha value is -4.17. The van der Waals surface area contributed by atoms with Crippen molar-refractivity contribution in [3.63, 3.8) is 0 Å². The maximum Gasteiger partial charge on any atom is 0.407 e. The van der Waals surface area contributed by atoms with Crippen molar-refractivity contribution in [1.82, 2.24) is 15.5 Å². The molecule has 1 aliphatic carbocycles. The average Bonchev–Trinajstić information content (AvgIpc) is 3.54. The first-order valence-electron chi connectivity index (χ1n) is 14.2. The van der Waals surface area contributed by atoms with Gasteiger partial charge in [-0.1, -0.05) is 99.1 Å². The quantitative estimate of drug-likeness (QED) is 0.332. The van der Waals surface area contributed by atoms with Gasteiger partial charge in [0.05, 0.1) is 0 Å². The molecule has 2 aliphatic rings. The number of fused-ring (bicyclic) bond motifs is 3. The number of carboxylic acid groups (broad SMARTS) is 1. The summed E-state index contributed by atoms with van der Waals surface area (Å²) in [5.74, 6) is -1.93. The fraction of sp³-hybridized carbons (Fsp3) is 0.364. The van der Waals surface area contributed by atoms with Crippen LogP contribution in [0.5, 0.6) is 0 Å². The highest BCUT2D eigenvalue weighted by molar-refractivity contribution is 5.92. The van der Waals surface area contributed by atoms with E-state index in [1.807, 2.05) is 85.5 Å². The summed E-state index contributed by atoms with van der Waals surface area (Å²) < 4.78 is 5.69. The summed E-state index contributed by atoms with van der Waals surface area (Å²) in [5.41, 5.74) is 4.11. The lowest BCUT2D eigenvalue weighted by atomic mass is 9.94.